The molecule has 1 N–H and O–H groups in total. The van der Waals surface area contributed by atoms with Gasteiger partial charge in [0.2, 0.25) is 0 Å². The molecule has 1 saturated carbocycles. The zero-order valence-corrected chi connectivity index (χ0v) is 17.0. The number of allylic oxidation sites excluding steroid dienone is 3. The molecule has 3 heteroatoms. The van der Waals surface area contributed by atoms with Crippen LogP contribution in [0.5, 0.6) is 0 Å². The van der Waals surface area contributed by atoms with Crippen LogP contribution in [0.1, 0.15) is 45.1 Å². The fourth-order valence-corrected chi connectivity index (χ4v) is 7.55. The van der Waals surface area contributed by atoms with Crippen LogP contribution >= 0.6 is 0 Å². The molecule has 1 fully saturated rings. The van der Waals surface area contributed by atoms with E-state index >= 15 is 0 Å². The van der Waals surface area contributed by atoms with E-state index in [2.05, 4.69) is 47.0 Å². The molecule has 2 aliphatic rings. The first-order valence-corrected chi connectivity index (χ1v) is 12.7. The Kier molecular flexibility index (Phi) is 4.24. The van der Waals surface area contributed by atoms with Gasteiger partial charge in [-0.3, -0.25) is 0 Å². The van der Waals surface area contributed by atoms with E-state index in [1.165, 1.54) is 11.1 Å². The van der Waals surface area contributed by atoms with Crippen molar-refractivity contribution in [3.63, 3.8) is 0 Å². The first-order chi connectivity index (χ1) is 11.1. The van der Waals surface area contributed by atoms with Crippen molar-refractivity contribution in [3.05, 3.63) is 47.1 Å². The minimum atomic E-state index is -1.45. The second-order valence-corrected chi connectivity index (χ2v) is 14.5. The lowest BCUT2D eigenvalue weighted by atomic mass is 9.62. The van der Waals surface area contributed by atoms with Crippen molar-refractivity contribution in [1.29, 1.82) is 0 Å². The molecule has 0 spiro atoms. The molecule has 1 aromatic heterocycles. The fourth-order valence-electron chi connectivity index (χ4n) is 5.38. The van der Waals surface area contributed by atoms with E-state index in [0.29, 0.717) is 11.8 Å². The number of fused-ring (bicyclic) bond motifs is 1. The molecule has 0 aromatic carbocycles. The van der Waals surface area contributed by atoms with Crippen LogP contribution in [0.3, 0.4) is 0 Å². The van der Waals surface area contributed by atoms with E-state index < -0.39 is 8.07 Å². The second-order valence-electron chi connectivity index (χ2n) is 9.39. The molecule has 0 radical (unpaired) electrons. The molecule has 0 aliphatic heterocycles. The van der Waals surface area contributed by atoms with Crippen LogP contribution in [0.15, 0.2) is 45.9 Å². The summed E-state index contributed by atoms with van der Waals surface area (Å²) < 4.78 is 5.34. The Bertz CT molecular complexity index is 663. The number of rotatable bonds is 3. The lowest BCUT2D eigenvalue weighted by molar-refractivity contribution is 0.129. The van der Waals surface area contributed by atoms with Crippen molar-refractivity contribution in [2.45, 2.75) is 65.3 Å². The topological polar surface area (TPSA) is 33.4 Å². The zero-order chi connectivity index (χ0) is 17.9. The number of hydrogen-bond acceptors (Lipinski definition) is 2. The van der Waals surface area contributed by atoms with Crippen LogP contribution in [0, 0.1) is 17.3 Å². The average molecular weight is 345 g/mol. The summed E-state index contributed by atoms with van der Waals surface area (Å²) in [6.45, 7) is 18.8. The summed E-state index contributed by atoms with van der Waals surface area (Å²) in [6.07, 6.45) is 5.14. The van der Waals surface area contributed by atoms with Gasteiger partial charge in [-0.15, -0.1) is 0 Å². The second kappa shape index (κ2) is 5.74. The van der Waals surface area contributed by atoms with Crippen LogP contribution in [0.25, 0.3) is 0 Å². The van der Waals surface area contributed by atoms with E-state index in [1.807, 2.05) is 12.3 Å². The van der Waals surface area contributed by atoms with Gasteiger partial charge in [0.1, 0.15) is 0 Å². The molecule has 24 heavy (non-hydrogen) atoms. The summed E-state index contributed by atoms with van der Waals surface area (Å²) in [7, 11) is -1.45. The molecule has 2 nitrogen and oxygen atoms in total. The smallest absolute Gasteiger partial charge is 0.0938 e. The largest absolute Gasteiger partial charge is 0.472 e. The van der Waals surface area contributed by atoms with Gasteiger partial charge in [0.05, 0.1) is 26.7 Å². The number of aliphatic hydroxyl groups excluding tert-OH is 1. The van der Waals surface area contributed by atoms with E-state index in [0.717, 1.165) is 18.4 Å². The lowest BCUT2D eigenvalue weighted by Gasteiger charge is -2.47. The molecule has 1 aromatic rings. The lowest BCUT2D eigenvalue weighted by Crippen LogP contribution is -2.41. The van der Waals surface area contributed by atoms with E-state index in [-0.39, 0.29) is 17.4 Å². The Balaban J connectivity index is 2.14. The van der Waals surface area contributed by atoms with Crippen LogP contribution in [0.2, 0.25) is 19.6 Å². The highest BCUT2D eigenvalue weighted by Crippen LogP contribution is 2.63. The molecule has 2 unspecified atom stereocenters. The molecule has 1 heterocycles. The normalized spacial score (nSPS) is 34.2. The molecule has 3 rings (SSSR count). The van der Waals surface area contributed by atoms with Gasteiger partial charge >= 0.3 is 0 Å². The highest BCUT2D eigenvalue weighted by molar-refractivity contribution is 6.83. The number of hydrogen-bond donors (Lipinski definition) is 1. The average Bonchev–Trinajstić information content (AvgIpc) is 3.02. The summed E-state index contributed by atoms with van der Waals surface area (Å²) in [5, 5.41) is 12.6. The molecule has 0 amide bonds. The van der Waals surface area contributed by atoms with Gasteiger partial charge in [-0.05, 0) is 52.9 Å². The monoisotopic (exact) mass is 344 g/mol. The number of furan rings is 1. The third-order valence-electron chi connectivity index (χ3n) is 6.40. The van der Waals surface area contributed by atoms with Crippen molar-refractivity contribution in [3.8, 4) is 0 Å². The Morgan fingerprint density at radius 1 is 1.33 bits per heavy atom. The van der Waals surface area contributed by atoms with E-state index in [4.69, 9.17) is 4.42 Å². The van der Waals surface area contributed by atoms with Crippen LogP contribution in [-0.4, -0.2) is 19.3 Å². The predicted molar refractivity (Wildman–Crippen MR) is 103 cm³/mol. The molecule has 4 atom stereocenters. The number of aliphatic hydroxyl groups is 1. The van der Waals surface area contributed by atoms with Crippen molar-refractivity contribution in [1.82, 2.24) is 0 Å². The standard InChI is InChI=1S/C21H32O2Si/c1-13(2)19-14(3)16-10-17(22)20(15-8-9-23-12-15)21(16,4)11-18(19)24(5,6)7/h8-9,12-13,16-17,20,22H,3,10-11H2,1-2,4-7H3/t16?,17-,20?,21+/m1/s1. The van der Waals surface area contributed by atoms with Gasteiger partial charge in [0, 0.05) is 5.92 Å². The predicted octanol–water partition coefficient (Wildman–Crippen LogP) is 5.54. The molecular weight excluding hydrogens is 312 g/mol. The molecule has 132 valence electrons. The van der Waals surface area contributed by atoms with Gasteiger partial charge in [-0.1, -0.05) is 52.2 Å². The zero-order valence-electron chi connectivity index (χ0n) is 16.0. The van der Waals surface area contributed by atoms with Crippen molar-refractivity contribution in [2.24, 2.45) is 17.3 Å². The molecule has 0 saturated heterocycles. The van der Waals surface area contributed by atoms with Crippen LogP contribution < -0.4 is 0 Å². The van der Waals surface area contributed by atoms with Crippen molar-refractivity contribution < 1.29 is 9.52 Å². The van der Waals surface area contributed by atoms with E-state index in [9.17, 15) is 5.11 Å². The highest BCUT2D eigenvalue weighted by atomic mass is 28.3. The first-order valence-electron chi connectivity index (χ1n) is 9.20. The Labute approximate surface area is 147 Å². The Morgan fingerprint density at radius 3 is 2.50 bits per heavy atom. The maximum Gasteiger partial charge on any atom is 0.0938 e. The van der Waals surface area contributed by atoms with Gasteiger partial charge < -0.3 is 9.52 Å². The van der Waals surface area contributed by atoms with Crippen LogP contribution in [0.4, 0.5) is 0 Å². The summed E-state index contributed by atoms with van der Waals surface area (Å²) >= 11 is 0. The Morgan fingerprint density at radius 2 is 2.00 bits per heavy atom. The SMILES string of the molecule is C=C1C(C(C)C)=C([Si](C)(C)C)C[C@@]2(C)C1C[C@@H](O)C2c1ccoc1. The summed E-state index contributed by atoms with van der Waals surface area (Å²) in [5.74, 6) is 1.01. The highest BCUT2D eigenvalue weighted by Gasteiger charge is 2.56. The minimum Gasteiger partial charge on any atom is -0.472 e. The Hall–Kier alpha value is -1.06. The summed E-state index contributed by atoms with van der Waals surface area (Å²) in [5.41, 5.74) is 3.98. The quantitative estimate of drug-likeness (QED) is 0.730. The fraction of sp³-hybridized carbons (Fsp3) is 0.619. The first kappa shape index (κ1) is 17.8. The maximum atomic E-state index is 10.9. The van der Waals surface area contributed by atoms with Gasteiger partial charge in [-0.2, -0.15) is 0 Å². The molecule has 2 aliphatic carbocycles. The van der Waals surface area contributed by atoms with Crippen molar-refractivity contribution >= 4 is 8.07 Å². The van der Waals surface area contributed by atoms with E-state index in [1.54, 1.807) is 11.5 Å². The van der Waals surface area contributed by atoms with Gasteiger partial charge in [0.15, 0.2) is 0 Å². The molecular formula is C21H32O2Si. The minimum absolute atomic E-state index is 0.0361. The van der Waals surface area contributed by atoms with Crippen LogP contribution in [-0.2, 0) is 0 Å². The third-order valence-corrected chi connectivity index (χ3v) is 8.66. The molecule has 0 bridgehead atoms. The van der Waals surface area contributed by atoms with Gasteiger partial charge in [0.25, 0.3) is 0 Å². The summed E-state index contributed by atoms with van der Waals surface area (Å²) in [6, 6.07) is 2.03. The van der Waals surface area contributed by atoms with Crippen molar-refractivity contribution in [2.75, 3.05) is 0 Å². The van der Waals surface area contributed by atoms with Gasteiger partial charge in [-0.25, -0.2) is 0 Å². The maximum absolute atomic E-state index is 10.9. The third kappa shape index (κ3) is 2.57. The summed E-state index contributed by atoms with van der Waals surface area (Å²) in [4.78, 5) is 0.